The number of hydrogen-bond acceptors (Lipinski definition) is 6. The molecule has 1 aromatic rings. The van der Waals surface area contributed by atoms with E-state index in [0.717, 1.165) is 0 Å². The van der Waals surface area contributed by atoms with Gasteiger partial charge in [0.1, 0.15) is 5.56 Å². The van der Waals surface area contributed by atoms with E-state index in [9.17, 15) is 24.8 Å². The minimum atomic E-state index is -3.04. The third kappa shape index (κ3) is 3.46. The maximum absolute atomic E-state index is 13.0. The van der Waals surface area contributed by atoms with Gasteiger partial charge in [0.05, 0.1) is 11.0 Å². The molecule has 0 aromatic heterocycles. The Morgan fingerprint density at radius 1 is 1.21 bits per heavy atom. The second-order valence-corrected chi connectivity index (χ2v) is 8.10. The van der Waals surface area contributed by atoms with E-state index in [1.54, 1.807) is 16.3 Å². The summed E-state index contributed by atoms with van der Waals surface area (Å²) in [4.78, 5) is 20.5. The summed E-state index contributed by atoms with van der Waals surface area (Å²) < 4.78 is 22.3. The molecular formula is C13H17N4O6P. The van der Waals surface area contributed by atoms with Crippen LogP contribution in [-0.2, 0) is 15.6 Å². The second-order valence-electron chi connectivity index (χ2n) is 5.78. The zero-order chi connectivity index (χ0) is 17.5. The molecule has 3 rings (SSSR count). The minimum absolute atomic E-state index is 0.00578. The number of hydrogen-bond donors (Lipinski definition) is 0. The van der Waals surface area contributed by atoms with Crippen LogP contribution in [0.4, 0.5) is 5.69 Å². The van der Waals surface area contributed by atoms with Crippen LogP contribution in [-0.4, -0.2) is 45.4 Å². The third-order valence-electron chi connectivity index (χ3n) is 3.93. The first-order valence-corrected chi connectivity index (χ1v) is 9.02. The van der Waals surface area contributed by atoms with Gasteiger partial charge in [-0.05, 0) is 24.6 Å². The van der Waals surface area contributed by atoms with Crippen molar-refractivity contribution in [3.05, 3.63) is 49.6 Å². The minimum Gasteiger partial charge on any atom is -0.298 e. The van der Waals surface area contributed by atoms with E-state index in [0.29, 0.717) is 31.7 Å². The first-order valence-electron chi connectivity index (χ1n) is 7.49. The Morgan fingerprint density at radius 3 is 2.25 bits per heavy atom. The molecule has 2 fully saturated rings. The summed E-state index contributed by atoms with van der Waals surface area (Å²) in [6.07, 6.45) is -0.594. The van der Waals surface area contributed by atoms with E-state index < -0.39 is 30.2 Å². The van der Waals surface area contributed by atoms with E-state index in [1.807, 2.05) is 0 Å². The Labute approximate surface area is 137 Å². The van der Waals surface area contributed by atoms with Crippen molar-refractivity contribution in [1.29, 1.82) is 0 Å². The molecule has 0 radical (unpaired) electrons. The molecule has 1 unspecified atom stereocenters. The fourth-order valence-electron chi connectivity index (χ4n) is 2.48. The second kappa shape index (κ2) is 6.21. The normalized spacial score (nSPS) is 19.0. The highest BCUT2D eigenvalue weighted by molar-refractivity contribution is 7.54. The largest absolute Gasteiger partial charge is 0.346 e. The van der Waals surface area contributed by atoms with Crippen molar-refractivity contribution in [2.75, 3.05) is 26.2 Å². The summed E-state index contributed by atoms with van der Waals surface area (Å²) in [7, 11) is -3.04. The summed E-state index contributed by atoms with van der Waals surface area (Å²) in [6.45, 7) is 3.91. The zero-order valence-electron chi connectivity index (χ0n) is 13.0. The molecule has 24 heavy (non-hydrogen) atoms. The Kier molecular flexibility index (Phi) is 4.39. The van der Waals surface area contributed by atoms with Gasteiger partial charge in [0.2, 0.25) is 6.54 Å². The van der Waals surface area contributed by atoms with Crippen LogP contribution in [0, 0.1) is 20.2 Å². The summed E-state index contributed by atoms with van der Waals surface area (Å²) >= 11 is 0. The van der Waals surface area contributed by atoms with Gasteiger partial charge in [-0.15, -0.1) is 0 Å². The number of nitrogens with zero attached hydrogens (tertiary/aromatic N) is 4. The molecule has 2 aliphatic heterocycles. The van der Waals surface area contributed by atoms with E-state index in [2.05, 4.69) is 0 Å². The van der Waals surface area contributed by atoms with Gasteiger partial charge in [-0.2, -0.15) is 0 Å². The molecule has 0 bridgehead atoms. The predicted octanol–water partition coefficient (Wildman–Crippen LogP) is 2.19. The first-order chi connectivity index (χ1) is 11.3. The molecule has 0 N–H and O–H groups in total. The molecule has 0 amide bonds. The van der Waals surface area contributed by atoms with Crippen LogP contribution in [0.3, 0.4) is 0 Å². The fraction of sp³-hybridized carbons (Fsp3) is 0.538. The van der Waals surface area contributed by atoms with E-state index in [-0.39, 0.29) is 11.3 Å². The van der Waals surface area contributed by atoms with Gasteiger partial charge >= 0.3 is 7.67 Å². The van der Waals surface area contributed by atoms with E-state index in [4.69, 9.17) is 4.52 Å². The SMILES string of the molecule is CC(OP(=O)(N1CC1)N1CC1)c1ccc([N+](=O)[O-])c(C[N+](=O)[O-])c1. The summed E-state index contributed by atoms with van der Waals surface area (Å²) in [5, 5.41) is 21.7. The highest BCUT2D eigenvalue weighted by Gasteiger charge is 2.50. The molecule has 1 atom stereocenters. The maximum Gasteiger partial charge on any atom is 0.346 e. The van der Waals surface area contributed by atoms with Gasteiger partial charge in [-0.3, -0.25) is 29.3 Å². The van der Waals surface area contributed by atoms with Crippen molar-refractivity contribution in [2.45, 2.75) is 19.6 Å². The molecule has 2 saturated heterocycles. The highest BCUT2D eigenvalue weighted by atomic mass is 31.2. The lowest BCUT2D eigenvalue weighted by Crippen LogP contribution is -2.11. The monoisotopic (exact) mass is 356 g/mol. The van der Waals surface area contributed by atoms with Crippen molar-refractivity contribution in [3.63, 3.8) is 0 Å². The van der Waals surface area contributed by atoms with Crippen LogP contribution in [0.1, 0.15) is 24.2 Å². The van der Waals surface area contributed by atoms with Gasteiger partial charge in [0.15, 0.2) is 0 Å². The third-order valence-corrected chi connectivity index (χ3v) is 6.75. The Balaban J connectivity index is 1.84. The summed E-state index contributed by atoms with van der Waals surface area (Å²) in [6, 6.07) is 4.11. The number of rotatable bonds is 8. The van der Waals surface area contributed by atoms with Gasteiger partial charge in [0, 0.05) is 37.2 Å². The number of benzene rings is 1. The molecule has 1 aromatic carbocycles. The van der Waals surface area contributed by atoms with Gasteiger partial charge < -0.3 is 0 Å². The molecule has 130 valence electrons. The molecule has 0 saturated carbocycles. The lowest BCUT2D eigenvalue weighted by molar-refractivity contribution is -0.498. The van der Waals surface area contributed by atoms with Crippen molar-refractivity contribution in [1.82, 2.24) is 9.34 Å². The van der Waals surface area contributed by atoms with Gasteiger partial charge in [-0.25, -0.2) is 9.34 Å². The smallest absolute Gasteiger partial charge is 0.298 e. The Morgan fingerprint density at radius 2 is 1.79 bits per heavy atom. The molecule has 0 aliphatic carbocycles. The lowest BCUT2D eigenvalue weighted by atomic mass is 10.1. The molecule has 2 heterocycles. The predicted molar refractivity (Wildman–Crippen MR) is 84.0 cm³/mol. The van der Waals surface area contributed by atoms with Crippen LogP contribution >= 0.6 is 7.67 Å². The quantitative estimate of drug-likeness (QED) is 0.301. The van der Waals surface area contributed by atoms with Crippen molar-refractivity contribution < 1.29 is 18.9 Å². The average molecular weight is 356 g/mol. The zero-order valence-corrected chi connectivity index (χ0v) is 13.9. The Bertz CT molecular complexity index is 717. The van der Waals surface area contributed by atoms with Gasteiger partial charge in [0.25, 0.3) is 5.69 Å². The number of nitro groups is 2. The standard InChI is InChI=1S/C13H17N4O6P/c1-10(23-24(22,14-4-5-14)15-6-7-15)11-2-3-13(17(20)21)12(8-11)9-16(18)19/h2-3,8,10H,4-7,9H2,1H3. The van der Waals surface area contributed by atoms with E-state index >= 15 is 0 Å². The van der Waals surface area contributed by atoms with Crippen molar-refractivity contribution in [2.24, 2.45) is 0 Å². The maximum atomic E-state index is 13.0. The summed E-state index contributed by atoms with van der Waals surface area (Å²) in [5.74, 6) is 0. The van der Waals surface area contributed by atoms with Crippen LogP contribution in [0.2, 0.25) is 0 Å². The fourth-order valence-corrected chi connectivity index (χ4v) is 4.82. The lowest BCUT2D eigenvalue weighted by Gasteiger charge is -2.24. The average Bonchev–Trinajstić information content (AvgIpc) is 3.39. The first kappa shape index (κ1) is 17.0. The van der Waals surface area contributed by atoms with Crippen LogP contribution in [0.25, 0.3) is 0 Å². The van der Waals surface area contributed by atoms with Gasteiger partial charge in [-0.1, -0.05) is 0 Å². The topological polar surface area (TPSA) is 119 Å². The molecule has 11 heteroatoms. The van der Waals surface area contributed by atoms with Crippen LogP contribution in [0.15, 0.2) is 18.2 Å². The van der Waals surface area contributed by atoms with Crippen molar-refractivity contribution in [3.8, 4) is 0 Å². The van der Waals surface area contributed by atoms with Crippen LogP contribution in [0.5, 0.6) is 0 Å². The molecular weight excluding hydrogens is 339 g/mol. The summed E-state index contributed by atoms with van der Waals surface area (Å²) in [5.41, 5.74) is 0.232. The van der Waals surface area contributed by atoms with E-state index in [1.165, 1.54) is 18.2 Å². The molecule has 0 spiro atoms. The molecule has 2 aliphatic rings. The molecule has 10 nitrogen and oxygen atoms in total. The van der Waals surface area contributed by atoms with Crippen LogP contribution < -0.4 is 0 Å². The number of nitro benzene ring substituents is 1. The van der Waals surface area contributed by atoms with Crippen molar-refractivity contribution >= 4 is 13.4 Å². The highest BCUT2D eigenvalue weighted by Crippen LogP contribution is 2.63. The Hall–Kier alpha value is -1.87.